The summed E-state index contributed by atoms with van der Waals surface area (Å²) >= 11 is 0. The van der Waals surface area contributed by atoms with Crippen molar-refractivity contribution >= 4 is 15.9 Å². The molecule has 1 aromatic heterocycles. The van der Waals surface area contributed by atoms with Crippen molar-refractivity contribution in [1.82, 2.24) is 19.2 Å². The van der Waals surface area contributed by atoms with Crippen molar-refractivity contribution in [2.24, 2.45) is 13.0 Å². The van der Waals surface area contributed by atoms with E-state index in [9.17, 15) is 17.6 Å². The Morgan fingerprint density at radius 2 is 1.85 bits per heavy atom. The topological polar surface area (TPSA) is 84.3 Å². The van der Waals surface area contributed by atoms with Crippen molar-refractivity contribution in [3.05, 3.63) is 83.7 Å². The number of imidazole rings is 1. The molecule has 1 fully saturated rings. The van der Waals surface area contributed by atoms with Gasteiger partial charge in [0.2, 0.25) is 15.9 Å². The number of aryl methyl sites for hydroxylation is 2. The average molecular weight is 471 g/mol. The van der Waals surface area contributed by atoms with Crippen LogP contribution in [-0.4, -0.2) is 41.3 Å². The molecule has 1 atom stereocenters. The molecule has 2 heterocycles. The Labute approximate surface area is 193 Å². The van der Waals surface area contributed by atoms with Gasteiger partial charge in [0.05, 0.1) is 4.90 Å². The Kier molecular flexibility index (Phi) is 6.62. The molecule has 1 aliphatic rings. The molecule has 0 saturated carbocycles. The van der Waals surface area contributed by atoms with Gasteiger partial charge in [0.15, 0.2) is 0 Å². The lowest BCUT2D eigenvalue weighted by Crippen LogP contribution is -2.44. The number of halogens is 1. The lowest BCUT2D eigenvalue weighted by molar-refractivity contribution is -0.126. The molecule has 0 spiro atoms. The summed E-state index contributed by atoms with van der Waals surface area (Å²) in [6, 6.07) is 12.2. The van der Waals surface area contributed by atoms with E-state index >= 15 is 0 Å². The van der Waals surface area contributed by atoms with Crippen LogP contribution in [0.5, 0.6) is 0 Å². The number of rotatable bonds is 6. The fourth-order valence-corrected chi connectivity index (χ4v) is 5.59. The summed E-state index contributed by atoms with van der Waals surface area (Å²) in [6.45, 7) is 2.44. The van der Waals surface area contributed by atoms with Gasteiger partial charge in [0.25, 0.3) is 0 Å². The Bertz CT molecular complexity index is 1230. The normalized spacial score (nSPS) is 16.5. The maximum atomic E-state index is 13.9. The van der Waals surface area contributed by atoms with E-state index in [0.717, 1.165) is 5.56 Å². The smallest absolute Gasteiger partial charge is 0.243 e. The van der Waals surface area contributed by atoms with Gasteiger partial charge in [-0.1, -0.05) is 29.8 Å². The van der Waals surface area contributed by atoms with E-state index in [0.29, 0.717) is 24.2 Å². The standard InChI is InChI=1S/C24H27FN4O3S/c1-17-6-8-21(9-7-17)33(31,32)29-13-10-18(11-14-29)24(30)27-22(23-26-12-15-28(23)2)19-4-3-5-20(25)16-19/h3-9,12,15-16,18,22H,10-11,13-14H2,1-2H3,(H,27,30)/t22-/m0/s1. The molecule has 0 unspecified atom stereocenters. The van der Waals surface area contributed by atoms with E-state index in [1.54, 1.807) is 53.4 Å². The summed E-state index contributed by atoms with van der Waals surface area (Å²) in [5.74, 6) is -0.339. The van der Waals surface area contributed by atoms with E-state index in [1.807, 2.05) is 14.0 Å². The van der Waals surface area contributed by atoms with Gasteiger partial charge in [0, 0.05) is 38.4 Å². The molecule has 174 valence electrons. The summed E-state index contributed by atoms with van der Waals surface area (Å²) in [6.07, 6.45) is 4.21. The molecule has 1 aliphatic heterocycles. The fraction of sp³-hybridized carbons (Fsp3) is 0.333. The molecule has 0 bridgehead atoms. The van der Waals surface area contributed by atoms with Crippen LogP contribution in [0.4, 0.5) is 4.39 Å². The van der Waals surface area contributed by atoms with Crippen LogP contribution < -0.4 is 5.32 Å². The van der Waals surface area contributed by atoms with Crippen LogP contribution in [0.25, 0.3) is 0 Å². The number of hydrogen-bond acceptors (Lipinski definition) is 4. The van der Waals surface area contributed by atoms with Crippen molar-refractivity contribution in [3.63, 3.8) is 0 Å². The number of aromatic nitrogens is 2. The molecule has 1 saturated heterocycles. The second kappa shape index (κ2) is 9.44. The van der Waals surface area contributed by atoms with Gasteiger partial charge in [-0.3, -0.25) is 4.79 Å². The number of benzene rings is 2. The highest BCUT2D eigenvalue weighted by Crippen LogP contribution is 2.27. The molecule has 1 amide bonds. The SMILES string of the molecule is Cc1ccc(S(=O)(=O)N2CCC(C(=O)N[C@@H](c3cccc(F)c3)c3nccn3C)CC2)cc1. The predicted octanol–water partition coefficient (Wildman–Crippen LogP) is 3.17. The first-order chi connectivity index (χ1) is 15.8. The van der Waals surface area contributed by atoms with Crippen LogP contribution in [0.1, 0.15) is 35.8 Å². The highest BCUT2D eigenvalue weighted by molar-refractivity contribution is 7.89. The number of amides is 1. The van der Waals surface area contributed by atoms with Gasteiger partial charge in [-0.25, -0.2) is 17.8 Å². The zero-order valence-electron chi connectivity index (χ0n) is 18.6. The highest BCUT2D eigenvalue weighted by atomic mass is 32.2. The Morgan fingerprint density at radius 3 is 2.45 bits per heavy atom. The Balaban J connectivity index is 1.46. The number of piperidine rings is 1. The second-order valence-electron chi connectivity index (χ2n) is 8.38. The van der Waals surface area contributed by atoms with Crippen LogP contribution in [0.15, 0.2) is 65.8 Å². The van der Waals surface area contributed by atoms with Crippen LogP contribution in [-0.2, 0) is 21.9 Å². The largest absolute Gasteiger partial charge is 0.342 e. The van der Waals surface area contributed by atoms with E-state index in [-0.39, 0.29) is 29.8 Å². The number of nitrogens with zero attached hydrogens (tertiary/aromatic N) is 3. The molecule has 2 aromatic carbocycles. The number of carbonyl (C=O) groups is 1. The maximum absolute atomic E-state index is 13.9. The third-order valence-electron chi connectivity index (χ3n) is 6.07. The van der Waals surface area contributed by atoms with Crippen molar-refractivity contribution < 1.29 is 17.6 Å². The third kappa shape index (κ3) is 4.99. The first-order valence-electron chi connectivity index (χ1n) is 10.9. The fourth-order valence-electron chi connectivity index (χ4n) is 4.12. The molecule has 0 aliphatic carbocycles. The summed E-state index contributed by atoms with van der Waals surface area (Å²) in [4.78, 5) is 17.7. The molecule has 4 rings (SSSR count). The number of sulfonamides is 1. The number of nitrogens with one attached hydrogen (secondary N) is 1. The first-order valence-corrected chi connectivity index (χ1v) is 12.3. The molecule has 9 heteroatoms. The van der Waals surface area contributed by atoms with Gasteiger partial charge in [-0.15, -0.1) is 0 Å². The minimum absolute atomic E-state index is 0.195. The Morgan fingerprint density at radius 1 is 1.15 bits per heavy atom. The molecule has 3 aromatic rings. The summed E-state index contributed by atoms with van der Waals surface area (Å²) in [5.41, 5.74) is 1.59. The maximum Gasteiger partial charge on any atom is 0.243 e. The number of carbonyl (C=O) groups excluding carboxylic acids is 1. The zero-order valence-corrected chi connectivity index (χ0v) is 19.4. The van der Waals surface area contributed by atoms with Crippen LogP contribution in [0.2, 0.25) is 0 Å². The van der Waals surface area contributed by atoms with Crippen molar-refractivity contribution in [2.45, 2.75) is 30.7 Å². The first kappa shape index (κ1) is 23.1. The molecule has 33 heavy (non-hydrogen) atoms. The lowest BCUT2D eigenvalue weighted by atomic mass is 9.96. The van der Waals surface area contributed by atoms with E-state index in [2.05, 4.69) is 10.3 Å². The van der Waals surface area contributed by atoms with Crippen molar-refractivity contribution in [3.8, 4) is 0 Å². The van der Waals surface area contributed by atoms with Gasteiger partial charge in [-0.05, 0) is 49.6 Å². The molecule has 0 radical (unpaired) electrons. The highest BCUT2D eigenvalue weighted by Gasteiger charge is 2.33. The average Bonchev–Trinajstić information content (AvgIpc) is 3.23. The van der Waals surface area contributed by atoms with E-state index in [4.69, 9.17) is 0 Å². The second-order valence-corrected chi connectivity index (χ2v) is 10.3. The Hall–Kier alpha value is -3.04. The third-order valence-corrected chi connectivity index (χ3v) is 7.98. The van der Waals surface area contributed by atoms with E-state index < -0.39 is 21.9 Å². The summed E-state index contributed by atoms with van der Waals surface area (Å²) in [7, 11) is -1.78. The van der Waals surface area contributed by atoms with E-state index in [1.165, 1.54) is 16.4 Å². The quantitative estimate of drug-likeness (QED) is 0.600. The summed E-state index contributed by atoms with van der Waals surface area (Å²) in [5, 5.41) is 3.01. The number of hydrogen-bond donors (Lipinski definition) is 1. The molecular formula is C24H27FN4O3S. The van der Waals surface area contributed by atoms with Gasteiger partial charge >= 0.3 is 0 Å². The molecular weight excluding hydrogens is 443 g/mol. The van der Waals surface area contributed by atoms with Crippen molar-refractivity contribution in [1.29, 1.82) is 0 Å². The van der Waals surface area contributed by atoms with Gasteiger partial charge in [0.1, 0.15) is 17.7 Å². The minimum Gasteiger partial charge on any atom is -0.342 e. The van der Waals surface area contributed by atoms with Crippen LogP contribution in [0, 0.1) is 18.7 Å². The molecule has 7 nitrogen and oxygen atoms in total. The monoisotopic (exact) mass is 470 g/mol. The minimum atomic E-state index is -3.59. The summed E-state index contributed by atoms with van der Waals surface area (Å²) < 4.78 is 43.0. The predicted molar refractivity (Wildman–Crippen MR) is 122 cm³/mol. The molecule has 1 N–H and O–H groups in total. The van der Waals surface area contributed by atoms with Crippen LogP contribution >= 0.6 is 0 Å². The van der Waals surface area contributed by atoms with Gasteiger partial charge in [-0.2, -0.15) is 4.31 Å². The lowest BCUT2D eigenvalue weighted by Gasteiger charge is -2.31. The van der Waals surface area contributed by atoms with Gasteiger partial charge < -0.3 is 9.88 Å². The van der Waals surface area contributed by atoms with Crippen molar-refractivity contribution in [2.75, 3.05) is 13.1 Å². The zero-order chi connectivity index (χ0) is 23.6. The van der Waals surface area contributed by atoms with Crippen LogP contribution in [0.3, 0.4) is 0 Å².